The fourth-order valence-electron chi connectivity index (χ4n) is 1.64. The number of anilines is 1. The number of halogens is 1. The van der Waals surface area contributed by atoms with E-state index in [9.17, 15) is 10.1 Å². The molecule has 5 nitrogen and oxygen atoms in total. The number of nitro groups is 1. The molecule has 0 unspecified atom stereocenters. The maximum absolute atomic E-state index is 11.1. The average Bonchev–Trinajstić information content (AvgIpc) is 2.84. The molecule has 0 spiro atoms. The van der Waals surface area contributed by atoms with Crippen molar-refractivity contribution in [3.63, 3.8) is 0 Å². The Labute approximate surface area is 129 Å². The van der Waals surface area contributed by atoms with Crippen LogP contribution in [-0.4, -0.2) is 16.5 Å². The highest BCUT2D eigenvalue weighted by molar-refractivity contribution is 9.10. The summed E-state index contributed by atoms with van der Waals surface area (Å²) in [6, 6.07) is 5.04. The second-order valence-electron chi connectivity index (χ2n) is 4.72. The Morgan fingerprint density at radius 2 is 2.25 bits per heavy atom. The van der Waals surface area contributed by atoms with E-state index in [1.807, 2.05) is 0 Å². The molecule has 20 heavy (non-hydrogen) atoms. The number of thiazole rings is 1. The Morgan fingerprint density at radius 3 is 2.90 bits per heavy atom. The molecule has 1 aromatic heterocycles. The minimum absolute atomic E-state index is 0.0819. The van der Waals surface area contributed by atoms with Crippen molar-refractivity contribution < 1.29 is 4.92 Å². The van der Waals surface area contributed by atoms with Crippen molar-refractivity contribution in [3.8, 4) is 10.4 Å². The van der Waals surface area contributed by atoms with Crippen LogP contribution in [0.15, 0.2) is 28.9 Å². The van der Waals surface area contributed by atoms with E-state index in [2.05, 4.69) is 40.1 Å². The lowest BCUT2D eigenvalue weighted by atomic mass is 10.1. The number of nitrogens with one attached hydrogen (secondary N) is 1. The van der Waals surface area contributed by atoms with E-state index in [0.29, 0.717) is 16.0 Å². The first-order valence-corrected chi connectivity index (χ1v) is 7.72. The summed E-state index contributed by atoms with van der Waals surface area (Å²) in [6.45, 7) is 5.05. The van der Waals surface area contributed by atoms with E-state index in [4.69, 9.17) is 0 Å². The largest absolute Gasteiger partial charge is 0.361 e. The summed E-state index contributed by atoms with van der Waals surface area (Å²) in [4.78, 5) is 15.8. The molecule has 0 aliphatic rings. The van der Waals surface area contributed by atoms with E-state index >= 15 is 0 Å². The molecule has 106 valence electrons. The van der Waals surface area contributed by atoms with Crippen molar-refractivity contribution in [2.75, 3.05) is 11.9 Å². The zero-order chi connectivity index (χ0) is 14.7. The SMILES string of the molecule is CC(C)CNc1ncc(-c2ccc(Br)cc2[N+](=O)[O-])s1. The summed E-state index contributed by atoms with van der Waals surface area (Å²) in [5, 5.41) is 15.1. The lowest BCUT2D eigenvalue weighted by Gasteiger charge is -2.04. The predicted octanol–water partition coefficient (Wildman–Crippen LogP) is 4.55. The molecule has 0 saturated carbocycles. The molecule has 0 radical (unpaired) electrons. The van der Waals surface area contributed by atoms with E-state index < -0.39 is 0 Å². The van der Waals surface area contributed by atoms with Gasteiger partial charge in [-0.2, -0.15) is 0 Å². The van der Waals surface area contributed by atoms with Crippen LogP contribution in [0, 0.1) is 16.0 Å². The lowest BCUT2D eigenvalue weighted by Crippen LogP contribution is -2.07. The maximum atomic E-state index is 11.1. The second-order valence-corrected chi connectivity index (χ2v) is 6.67. The number of benzene rings is 1. The molecule has 1 heterocycles. The highest BCUT2D eigenvalue weighted by Crippen LogP contribution is 2.36. The van der Waals surface area contributed by atoms with Crippen molar-refractivity contribution in [2.45, 2.75) is 13.8 Å². The standard InChI is InChI=1S/C13H14BrN3O2S/c1-8(2)6-15-13-16-7-12(20-13)10-4-3-9(14)5-11(10)17(18)19/h3-5,7-8H,6H2,1-2H3,(H,15,16). The van der Waals surface area contributed by atoms with E-state index in [-0.39, 0.29) is 10.6 Å². The smallest absolute Gasteiger partial charge is 0.279 e. The summed E-state index contributed by atoms with van der Waals surface area (Å²) in [5.74, 6) is 0.518. The van der Waals surface area contributed by atoms with E-state index in [1.165, 1.54) is 17.4 Å². The van der Waals surface area contributed by atoms with Crippen molar-refractivity contribution in [2.24, 2.45) is 5.92 Å². The summed E-state index contributed by atoms with van der Waals surface area (Å²) in [7, 11) is 0. The minimum Gasteiger partial charge on any atom is -0.361 e. The molecule has 0 saturated heterocycles. The van der Waals surface area contributed by atoms with E-state index in [1.54, 1.807) is 18.3 Å². The highest BCUT2D eigenvalue weighted by Gasteiger charge is 2.17. The first kappa shape index (κ1) is 14.9. The third kappa shape index (κ3) is 3.55. The van der Waals surface area contributed by atoms with Crippen molar-refractivity contribution in [3.05, 3.63) is 39.0 Å². The number of aromatic nitrogens is 1. The van der Waals surface area contributed by atoms with Gasteiger partial charge in [0, 0.05) is 23.3 Å². The Balaban J connectivity index is 2.30. The van der Waals surface area contributed by atoms with Gasteiger partial charge in [-0.05, 0) is 18.1 Å². The number of nitrogens with zero attached hydrogens (tertiary/aromatic N) is 2. The zero-order valence-electron chi connectivity index (χ0n) is 11.1. The van der Waals surface area contributed by atoms with Crippen LogP contribution in [0.4, 0.5) is 10.8 Å². The van der Waals surface area contributed by atoms with Gasteiger partial charge in [-0.15, -0.1) is 0 Å². The molecule has 7 heteroatoms. The number of nitro benzene ring substituents is 1. The molecular weight excluding hydrogens is 342 g/mol. The summed E-state index contributed by atoms with van der Waals surface area (Å²) in [6.07, 6.45) is 1.67. The van der Waals surface area contributed by atoms with Gasteiger partial charge in [-0.3, -0.25) is 10.1 Å². The van der Waals surface area contributed by atoms with Crippen LogP contribution in [0.2, 0.25) is 0 Å². The number of hydrogen-bond acceptors (Lipinski definition) is 5. The topological polar surface area (TPSA) is 68.1 Å². The average molecular weight is 356 g/mol. The van der Waals surface area contributed by atoms with Crippen LogP contribution in [0.5, 0.6) is 0 Å². The Kier molecular flexibility index (Phi) is 4.72. The van der Waals surface area contributed by atoms with Crippen LogP contribution in [0.25, 0.3) is 10.4 Å². The van der Waals surface area contributed by atoms with Gasteiger partial charge in [0.2, 0.25) is 0 Å². The quantitative estimate of drug-likeness (QED) is 0.630. The zero-order valence-corrected chi connectivity index (χ0v) is 13.5. The second kappa shape index (κ2) is 6.32. The third-order valence-corrected chi connectivity index (χ3v) is 4.07. The molecule has 2 aromatic rings. The van der Waals surface area contributed by atoms with Gasteiger partial charge >= 0.3 is 0 Å². The Hall–Kier alpha value is -1.47. The van der Waals surface area contributed by atoms with Gasteiger partial charge < -0.3 is 5.32 Å². The molecular formula is C13H14BrN3O2S. The molecule has 0 bridgehead atoms. The normalized spacial score (nSPS) is 10.8. The molecule has 1 aromatic carbocycles. The Bertz CT molecular complexity index is 628. The highest BCUT2D eigenvalue weighted by atomic mass is 79.9. The molecule has 0 aliphatic heterocycles. The predicted molar refractivity (Wildman–Crippen MR) is 85.2 cm³/mol. The third-order valence-electron chi connectivity index (χ3n) is 2.59. The van der Waals surface area contributed by atoms with Gasteiger partial charge in [0.1, 0.15) is 0 Å². The first-order valence-electron chi connectivity index (χ1n) is 6.11. The van der Waals surface area contributed by atoms with Crippen LogP contribution in [0.1, 0.15) is 13.8 Å². The fourth-order valence-corrected chi connectivity index (χ4v) is 2.84. The van der Waals surface area contributed by atoms with Crippen LogP contribution >= 0.6 is 27.3 Å². The van der Waals surface area contributed by atoms with Crippen LogP contribution < -0.4 is 5.32 Å². The Morgan fingerprint density at radius 1 is 1.50 bits per heavy atom. The maximum Gasteiger partial charge on any atom is 0.279 e. The fraction of sp³-hybridized carbons (Fsp3) is 0.308. The van der Waals surface area contributed by atoms with Crippen molar-refractivity contribution in [1.82, 2.24) is 4.98 Å². The summed E-state index contributed by atoms with van der Waals surface area (Å²) in [5.41, 5.74) is 0.673. The van der Waals surface area contributed by atoms with Gasteiger partial charge in [0.25, 0.3) is 5.69 Å². The number of rotatable bonds is 5. The first-order chi connectivity index (χ1) is 9.47. The monoisotopic (exact) mass is 355 g/mol. The lowest BCUT2D eigenvalue weighted by molar-refractivity contribution is -0.384. The molecule has 0 amide bonds. The summed E-state index contributed by atoms with van der Waals surface area (Å²) < 4.78 is 0.690. The van der Waals surface area contributed by atoms with E-state index in [0.717, 1.165) is 16.6 Å². The molecule has 0 aliphatic carbocycles. The van der Waals surface area contributed by atoms with Crippen LogP contribution in [0.3, 0.4) is 0 Å². The number of hydrogen-bond donors (Lipinski definition) is 1. The minimum atomic E-state index is -0.374. The van der Waals surface area contributed by atoms with Crippen molar-refractivity contribution >= 4 is 38.1 Å². The molecule has 0 atom stereocenters. The molecule has 1 N–H and O–H groups in total. The summed E-state index contributed by atoms with van der Waals surface area (Å²) >= 11 is 4.68. The van der Waals surface area contributed by atoms with Crippen molar-refractivity contribution in [1.29, 1.82) is 0 Å². The van der Waals surface area contributed by atoms with Gasteiger partial charge in [0.15, 0.2) is 5.13 Å². The molecule has 0 fully saturated rings. The van der Waals surface area contributed by atoms with Gasteiger partial charge in [-0.1, -0.05) is 41.1 Å². The molecule has 2 rings (SSSR count). The van der Waals surface area contributed by atoms with Gasteiger partial charge in [0.05, 0.1) is 15.4 Å². The van der Waals surface area contributed by atoms with Gasteiger partial charge in [-0.25, -0.2) is 4.98 Å². The van der Waals surface area contributed by atoms with Crippen LogP contribution in [-0.2, 0) is 0 Å².